The second kappa shape index (κ2) is 7.75. The Morgan fingerprint density at radius 3 is 2.68 bits per heavy atom. The smallest absolute Gasteiger partial charge is 0.271 e. The van der Waals surface area contributed by atoms with Crippen molar-refractivity contribution in [3.05, 3.63) is 63.6 Å². The Morgan fingerprint density at radius 2 is 2.00 bits per heavy atom. The number of aryl methyl sites for hydroxylation is 1. The summed E-state index contributed by atoms with van der Waals surface area (Å²) in [6.07, 6.45) is 1.57. The van der Waals surface area contributed by atoms with E-state index < -0.39 is 0 Å². The molecule has 0 saturated carbocycles. The molecular weight excluding hydrogens is 344 g/mol. The molecule has 0 aliphatic rings. The molecule has 0 heterocycles. The fraction of sp³-hybridized carbons (Fsp3) is 0.176. The van der Waals surface area contributed by atoms with E-state index >= 15 is 0 Å². The third-order valence-corrected chi connectivity index (χ3v) is 3.45. The molecule has 4 nitrogen and oxygen atoms in total. The number of carbonyl (C=O) groups excluding carboxylic acids is 1. The van der Waals surface area contributed by atoms with Crippen LogP contribution in [0.2, 0.25) is 0 Å². The lowest BCUT2D eigenvalue weighted by Gasteiger charge is -2.07. The summed E-state index contributed by atoms with van der Waals surface area (Å²) in [5.74, 6) is 0.475. The van der Waals surface area contributed by atoms with Gasteiger partial charge in [0.1, 0.15) is 5.75 Å². The van der Waals surface area contributed by atoms with Gasteiger partial charge in [-0.2, -0.15) is 5.10 Å². The van der Waals surface area contributed by atoms with Gasteiger partial charge in [0.15, 0.2) is 0 Å². The van der Waals surface area contributed by atoms with Gasteiger partial charge in [0.2, 0.25) is 0 Å². The van der Waals surface area contributed by atoms with Crippen molar-refractivity contribution in [1.82, 2.24) is 5.43 Å². The van der Waals surface area contributed by atoms with Crippen LogP contribution in [-0.2, 0) is 0 Å². The Kier molecular flexibility index (Phi) is 5.72. The van der Waals surface area contributed by atoms with Crippen molar-refractivity contribution in [3.8, 4) is 5.75 Å². The number of hydrogen-bond acceptors (Lipinski definition) is 3. The maximum atomic E-state index is 12.0. The summed E-state index contributed by atoms with van der Waals surface area (Å²) in [7, 11) is 0. The number of benzene rings is 2. The van der Waals surface area contributed by atoms with E-state index in [-0.39, 0.29) is 5.91 Å². The van der Waals surface area contributed by atoms with Crippen molar-refractivity contribution in [2.75, 3.05) is 6.61 Å². The van der Waals surface area contributed by atoms with Gasteiger partial charge in [0.25, 0.3) is 5.91 Å². The molecule has 0 aliphatic carbocycles. The predicted octanol–water partition coefficient (Wildman–Crippen LogP) is 3.92. The molecule has 0 unspecified atom stereocenters. The third-order valence-electron chi connectivity index (χ3n) is 2.96. The fourth-order valence-electron chi connectivity index (χ4n) is 1.84. The van der Waals surface area contributed by atoms with Gasteiger partial charge >= 0.3 is 0 Å². The molecule has 114 valence electrons. The predicted molar refractivity (Wildman–Crippen MR) is 91.6 cm³/mol. The molecule has 1 amide bonds. The first-order valence-corrected chi connectivity index (χ1v) is 7.72. The van der Waals surface area contributed by atoms with Crippen molar-refractivity contribution in [3.63, 3.8) is 0 Å². The van der Waals surface area contributed by atoms with Gasteiger partial charge in [-0.1, -0.05) is 33.6 Å². The summed E-state index contributed by atoms with van der Waals surface area (Å²) in [6.45, 7) is 4.46. The van der Waals surface area contributed by atoms with Crippen LogP contribution in [0.5, 0.6) is 5.75 Å². The zero-order valence-corrected chi connectivity index (χ0v) is 14.1. The molecule has 0 aromatic heterocycles. The molecule has 2 aromatic rings. The Balaban J connectivity index is 2.07. The molecule has 0 bridgehead atoms. The highest BCUT2D eigenvalue weighted by Gasteiger charge is 2.04. The van der Waals surface area contributed by atoms with E-state index in [0.717, 1.165) is 21.3 Å². The molecule has 2 aromatic carbocycles. The van der Waals surface area contributed by atoms with Gasteiger partial charge in [-0.25, -0.2) is 5.43 Å². The van der Waals surface area contributed by atoms with Crippen LogP contribution >= 0.6 is 15.9 Å². The number of halogens is 1. The first-order valence-electron chi connectivity index (χ1n) is 6.92. The van der Waals surface area contributed by atoms with Gasteiger partial charge < -0.3 is 4.74 Å². The number of nitrogens with one attached hydrogen (secondary N) is 1. The van der Waals surface area contributed by atoms with Gasteiger partial charge in [0, 0.05) is 15.6 Å². The number of nitrogens with zero attached hydrogens (tertiary/aromatic N) is 1. The number of amides is 1. The average molecular weight is 361 g/mol. The van der Waals surface area contributed by atoms with Crippen LogP contribution in [0, 0.1) is 6.92 Å². The van der Waals surface area contributed by atoms with Crippen molar-refractivity contribution in [2.45, 2.75) is 13.8 Å². The van der Waals surface area contributed by atoms with E-state index in [1.54, 1.807) is 18.3 Å². The van der Waals surface area contributed by atoms with Crippen LogP contribution < -0.4 is 10.2 Å². The summed E-state index contributed by atoms with van der Waals surface area (Å²) in [5.41, 5.74) is 4.99. The lowest BCUT2D eigenvalue weighted by molar-refractivity contribution is 0.0955. The zero-order valence-electron chi connectivity index (χ0n) is 12.5. The lowest BCUT2D eigenvalue weighted by Crippen LogP contribution is -2.17. The third kappa shape index (κ3) is 4.43. The van der Waals surface area contributed by atoms with Crippen molar-refractivity contribution >= 4 is 28.1 Å². The number of carbonyl (C=O) groups is 1. The Morgan fingerprint density at radius 1 is 1.27 bits per heavy atom. The van der Waals surface area contributed by atoms with E-state index in [9.17, 15) is 4.79 Å². The molecule has 0 atom stereocenters. The zero-order chi connectivity index (χ0) is 15.9. The minimum Gasteiger partial charge on any atom is -0.493 e. The van der Waals surface area contributed by atoms with Crippen molar-refractivity contribution < 1.29 is 9.53 Å². The van der Waals surface area contributed by atoms with Crippen LogP contribution in [-0.4, -0.2) is 18.7 Å². The van der Waals surface area contributed by atoms with Crippen LogP contribution in [0.25, 0.3) is 0 Å². The molecule has 1 N–H and O–H groups in total. The summed E-state index contributed by atoms with van der Waals surface area (Å²) >= 11 is 3.41. The summed E-state index contributed by atoms with van der Waals surface area (Å²) in [6, 6.07) is 13.0. The van der Waals surface area contributed by atoms with Crippen LogP contribution in [0.4, 0.5) is 0 Å². The highest BCUT2D eigenvalue weighted by Crippen LogP contribution is 2.21. The minimum atomic E-state index is -0.246. The van der Waals surface area contributed by atoms with E-state index in [1.165, 1.54) is 0 Å². The second-order valence-corrected chi connectivity index (χ2v) is 5.60. The average Bonchev–Trinajstić information content (AvgIpc) is 2.50. The maximum absolute atomic E-state index is 12.0. The fourth-order valence-corrected chi connectivity index (χ4v) is 2.22. The quantitative estimate of drug-likeness (QED) is 0.648. The number of rotatable bonds is 5. The number of hydrazone groups is 1. The van der Waals surface area contributed by atoms with Gasteiger partial charge in [-0.15, -0.1) is 0 Å². The molecule has 0 radical (unpaired) electrons. The SMILES string of the molecule is CCOc1ccc(Br)cc1/C=N/NC(=O)c1ccc(C)cc1. The molecule has 0 fully saturated rings. The second-order valence-electron chi connectivity index (χ2n) is 4.68. The summed E-state index contributed by atoms with van der Waals surface area (Å²) in [4.78, 5) is 12.0. The molecule has 0 spiro atoms. The Hall–Kier alpha value is -2.14. The van der Waals surface area contributed by atoms with Crippen LogP contribution in [0.3, 0.4) is 0 Å². The minimum absolute atomic E-state index is 0.246. The Labute approximate surface area is 138 Å². The van der Waals surface area contributed by atoms with E-state index in [1.807, 2.05) is 44.2 Å². The summed E-state index contributed by atoms with van der Waals surface area (Å²) < 4.78 is 6.44. The first-order chi connectivity index (χ1) is 10.6. The summed E-state index contributed by atoms with van der Waals surface area (Å²) in [5, 5.41) is 4.00. The topological polar surface area (TPSA) is 50.7 Å². The molecule has 22 heavy (non-hydrogen) atoms. The lowest BCUT2D eigenvalue weighted by atomic mass is 10.1. The largest absolute Gasteiger partial charge is 0.493 e. The highest BCUT2D eigenvalue weighted by molar-refractivity contribution is 9.10. The molecule has 0 saturated heterocycles. The van der Waals surface area contributed by atoms with E-state index in [2.05, 4.69) is 26.5 Å². The molecular formula is C17H17BrN2O2. The van der Waals surface area contributed by atoms with Crippen LogP contribution in [0.1, 0.15) is 28.4 Å². The normalized spacial score (nSPS) is 10.7. The first kappa shape index (κ1) is 16.2. The van der Waals surface area contributed by atoms with Crippen molar-refractivity contribution in [2.24, 2.45) is 5.10 Å². The molecule has 2 rings (SSSR count). The highest BCUT2D eigenvalue weighted by atomic mass is 79.9. The maximum Gasteiger partial charge on any atom is 0.271 e. The number of hydrogen-bond donors (Lipinski definition) is 1. The van der Waals surface area contributed by atoms with Gasteiger partial charge in [-0.05, 0) is 44.2 Å². The standard InChI is InChI=1S/C17H17BrN2O2/c1-3-22-16-9-8-15(18)10-14(16)11-19-20-17(21)13-6-4-12(2)5-7-13/h4-11H,3H2,1-2H3,(H,20,21)/b19-11+. The van der Waals surface area contributed by atoms with Gasteiger partial charge in [-0.3, -0.25) is 4.79 Å². The van der Waals surface area contributed by atoms with E-state index in [0.29, 0.717) is 12.2 Å². The van der Waals surface area contributed by atoms with Crippen molar-refractivity contribution in [1.29, 1.82) is 0 Å². The monoisotopic (exact) mass is 360 g/mol. The molecule has 5 heteroatoms. The van der Waals surface area contributed by atoms with Crippen LogP contribution in [0.15, 0.2) is 52.0 Å². The number of ether oxygens (including phenoxy) is 1. The Bertz CT molecular complexity index is 682. The van der Waals surface area contributed by atoms with E-state index in [4.69, 9.17) is 4.74 Å². The molecule has 0 aliphatic heterocycles. The van der Waals surface area contributed by atoms with Gasteiger partial charge in [0.05, 0.1) is 12.8 Å².